The molecule has 2 heterocycles. The predicted molar refractivity (Wildman–Crippen MR) is 90.3 cm³/mol. The van der Waals surface area contributed by atoms with Crippen molar-refractivity contribution in [1.82, 2.24) is 5.32 Å². The third-order valence-corrected chi connectivity index (χ3v) is 3.68. The van der Waals surface area contributed by atoms with E-state index < -0.39 is 11.9 Å². The molecule has 0 unspecified atom stereocenters. The summed E-state index contributed by atoms with van der Waals surface area (Å²) in [5.41, 5.74) is 1.64. The molecule has 1 atom stereocenters. The summed E-state index contributed by atoms with van der Waals surface area (Å²) in [6, 6.07) is 5.22. The molecule has 0 aliphatic carbocycles. The molecule has 3 rings (SSSR count). The summed E-state index contributed by atoms with van der Waals surface area (Å²) in [5.74, 6) is -2.72. The Labute approximate surface area is 143 Å². The zero-order chi connectivity index (χ0) is 18.4. The molecule has 1 aliphatic heterocycles. The van der Waals surface area contributed by atoms with E-state index in [9.17, 15) is 14.0 Å². The lowest BCUT2D eigenvalue weighted by Crippen LogP contribution is -2.50. The van der Waals surface area contributed by atoms with Crippen molar-refractivity contribution in [3.05, 3.63) is 42.4 Å². The maximum atomic E-state index is 13.6. The van der Waals surface area contributed by atoms with Gasteiger partial charge in [0.15, 0.2) is 5.58 Å². The van der Waals surface area contributed by atoms with Crippen LogP contribution in [-0.2, 0) is 9.59 Å². The van der Waals surface area contributed by atoms with Gasteiger partial charge in [0.25, 0.3) is 0 Å². The number of rotatable bonds is 3. The number of carboxylic acid groups (broad SMARTS) is 2. The third-order valence-electron chi connectivity index (χ3n) is 3.68. The molecule has 1 aliphatic rings. The smallest absolute Gasteiger partial charge is 0.328 e. The minimum Gasteiger partial charge on any atom is -0.478 e. The molecule has 2 aromatic rings. The van der Waals surface area contributed by atoms with E-state index in [1.54, 1.807) is 18.4 Å². The van der Waals surface area contributed by atoms with Crippen LogP contribution in [0.1, 0.15) is 6.92 Å². The standard InChI is InChI=1S/C13H15FN2O.C4H4O4/c1-9-8-15-3-4-16(9)12-7-11(14)6-10-2-5-17-13(10)12;5-3(6)1-2-4(7)8/h2,5-7,9,15H,3-4,8H2,1H3;1-2H,(H,5,6)(H,7,8)/t9-;/m0./s1. The van der Waals surface area contributed by atoms with Crippen LogP contribution in [0.3, 0.4) is 0 Å². The Hall–Kier alpha value is -2.87. The number of carbonyl (C=O) groups is 2. The summed E-state index contributed by atoms with van der Waals surface area (Å²) in [5, 5.41) is 19.8. The third kappa shape index (κ3) is 5.05. The molecule has 7 nitrogen and oxygen atoms in total. The highest BCUT2D eigenvalue weighted by Crippen LogP contribution is 2.30. The largest absolute Gasteiger partial charge is 0.478 e. The molecule has 0 radical (unpaired) electrons. The van der Waals surface area contributed by atoms with Crippen molar-refractivity contribution in [3.63, 3.8) is 0 Å². The maximum Gasteiger partial charge on any atom is 0.328 e. The fourth-order valence-electron chi connectivity index (χ4n) is 2.58. The summed E-state index contributed by atoms with van der Waals surface area (Å²) in [4.78, 5) is 21.3. The molecule has 0 bridgehead atoms. The zero-order valence-electron chi connectivity index (χ0n) is 13.6. The first kappa shape index (κ1) is 18.5. The van der Waals surface area contributed by atoms with Gasteiger partial charge in [-0.25, -0.2) is 14.0 Å². The molecule has 0 saturated carbocycles. The van der Waals surface area contributed by atoms with Gasteiger partial charge in [0, 0.05) is 49.3 Å². The number of benzene rings is 1. The van der Waals surface area contributed by atoms with Crippen LogP contribution in [0.2, 0.25) is 0 Å². The van der Waals surface area contributed by atoms with Gasteiger partial charge >= 0.3 is 11.9 Å². The van der Waals surface area contributed by atoms with Gasteiger partial charge < -0.3 is 24.8 Å². The lowest BCUT2D eigenvalue weighted by Gasteiger charge is -2.35. The van der Waals surface area contributed by atoms with Gasteiger partial charge in [0.05, 0.1) is 12.0 Å². The van der Waals surface area contributed by atoms with Gasteiger partial charge in [0.1, 0.15) is 5.82 Å². The van der Waals surface area contributed by atoms with E-state index in [1.807, 2.05) is 0 Å². The number of fused-ring (bicyclic) bond motifs is 1. The Morgan fingerprint density at radius 2 is 2.00 bits per heavy atom. The zero-order valence-corrected chi connectivity index (χ0v) is 13.6. The molecule has 1 aromatic carbocycles. The molecule has 1 aromatic heterocycles. The van der Waals surface area contributed by atoms with Crippen LogP contribution in [0.5, 0.6) is 0 Å². The fourth-order valence-corrected chi connectivity index (χ4v) is 2.58. The first-order valence-electron chi connectivity index (χ1n) is 7.66. The van der Waals surface area contributed by atoms with Crippen LogP contribution in [-0.4, -0.2) is 47.8 Å². The second kappa shape index (κ2) is 8.29. The van der Waals surface area contributed by atoms with Crippen LogP contribution in [0.25, 0.3) is 11.0 Å². The minimum atomic E-state index is -1.26. The Balaban J connectivity index is 0.000000242. The van der Waals surface area contributed by atoms with Gasteiger partial charge in [-0.3, -0.25) is 0 Å². The van der Waals surface area contributed by atoms with Crippen molar-refractivity contribution in [2.24, 2.45) is 0 Å². The van der Waals surface area contributed by atoms with Crippen molar-refractivity contribution in [2.75, 3.05) is 24.5 Å². The van der Waals surface area contributed by atoms with Gasteiger partial charge in [-0.1, -0.05) is 0 Å². The van der Waals surface area contributed by atoms with Gasteiger partial charge in [-0.2, -0.15) is 0 Å². The van der Waals surface area contributed by atoms with Crippen molar-refractivity contribution >= 4 is 28.6 Å². The average molecular weight is 350 g/mol. The van der Waals surface area contributed by atoms with E-state index in [2.05, 4.69) is 17.1 Å². The summed E-state index contributed by atoms with van der Waals surface area (Å²) in [6.07, 6.45) is 2.73. The molecule has 25 heavy (non-hydrogen) atoms. The molecule has 1 fully saturated rings. The van der Waals surface area contributed by atoms with Crippen LogP contribution in [0.15, 0.2) is 41.0 Å². The van der Waals surface area contributed by atoms with Crippen molar-refractivity contribution < 1.29 is 28.6 Å². The molecule has 134 valence electrons. The molecular formula is C17H19FN2O5. The topological polar surface area (TPSA) is 103 Å². The molecule has 8 heteroatoms. The summed E-state index contributed by atoms with van der Waals surface area (Å²) in [6.45, 7) is 4.84. The van der Waals surface area contributed by atoms with Crippen LogP contribution >= 0.6 is 0 Å². The monoisotopic (exact) mass is 350 g/mol. The highest BCUT2D eigenvalue weighted by atomic mass is 19.1. The fraction of sp³-hybridized carbons (Fsp3) is 0.294. The number of aliphatic carboxylic acids is 2. The van der Waals surface area contributed by atoms with Crippen LogP contribution in [0, 0.1) is 5.82 Å². The molecular weight excluding hydrogens is 331 g/mol. The number of piperazine rings is 1. The number of furan rings is 1. The number of hydrogen-bond acceptors (Lipinski definition) is 5. The summed E-state index contributed by atoms with van der Waals surface area (Å²) < 4.78 is 19.0. The Morgan fingerprint density at radius 3 is 2.60 bits per heavy atom. The molecule has 0 spiro atoms. The molecule has 0 amide bonds. The Bertz CT molecular complexity index is 770. The summed E-state index contributed by atoms with van der Waals surface area (Å²) in [7, 11) is 0. The van der Waals surface area contributed by atoms with Crippen molar-refractivity contribution in [1.29, 1.82) is 0 Å². The van der Waals surface area contributed by atoms with Crippen LogP contribution < -0.4 is 10.2 Å². The van der Waals surface area contributed by atoms with E-state index in [-0.39, 0.29) is 5.82 Å². The first-order chi connectivity index (χ1) is 11.9. The van der Waals surface area contributed by atoms with Crippen LogP contribution in [0.4, 0.5) is 10.1 Å². The number of anilines is 1. The number of nitrogens with one attached hydrogen (secondary N) is 1. The second-order valence-corrected chi connectivity index (χ2v) is 5.52. The average Bonchev–Trinajstić information content (AvgIpc) is 3.01. The Kier molecular flexibility index (Phi) is 6.13. The Morgan fingerprint density at radius 1 is 1.32 bits per heavy atom. The second-order valence-electron chi connectivity index (χ2n) is 5.52. The lowest BCUT2D eigenvalue weighted by atomic mass is 10.1. The SMILES string of the molecule is C[C@H]1CNCCN1c1cc(F)cc2ccoc12.O=C(O)C=CC(=O)O. The van der Waals surface area contributed by atoms with Gasteiger partial charge in [-0.15, -0.1) is 0 Å². The van der Waals surface area contributed by atoms with E-state index in [4.69, 9.17) is 14.6 Å². The lowest BCUT2D eigenvalue weighted by molar-refractivity contribution is -0.134. The van der Waals surface area contributed by atoms with Crippen molar-refractivity contribution in [3.8, 4) is 0 Å². The summed E-state index contributed by atoms with van der Waals surface area (Å²) >= 11 is 0. The normalized spacial score (nSPS) is 17.4. The van der Waals surface area contributed by atoms with Gasteiger partial charge in [-0.05, 0) is 19.1 Å². The maximum absolute atomic E-state index is 13.6. The number of carboxylic acids is 2. The predicted octanol–water partition coefficient (Wildman–Crippen LogP) is 2.08. The van der Waals surface area contributed by atoms with Crippen molar-refractivity contribution in [2.45, 2.75) is 13.0 Å². The first-order valence-corrected chi connectivity index (χ1v) is 7.66. The minimum absolute atomic E-state index is 0.209. The quantitative estimate of drug-likeness (QED) is 0.728. The van der Waals surface area contributed by atoms with E-state index >= 15 is 0 Å². The van der Waals surface area contributed by atoms with Gasteiger partial charge in [0.2, 0.25) is 0 Å². The number of halogens is 1. The van der Waals surface area contributed by atoms with E-state index in [1.165, 1.54) is 6.07 Å². The van der Waals surface area contributed by atoms with E-state index in [0.29, 0.717) is 18.2 Å². The number of nitrogens with zero attached hydrogens (tertiary/aromatic N) is 1. The number of hydrogen-bond donors (Lipinski definition) is 3. The molecule has 3 N–H and O–H groups in total. The van der Waals surface area contributed by atoms with E-state index in [0.717, 1.165) is 36.3 Å². The molecule has 1 saturated heterocycles. The highest BCUT2D eigenvalue weighted by Gasteiger charge is 2.21. The highest BCUT2D eigenvalue weighted by molar-refractivity contribution is 5.90.